The van der Waals surface area contributed by atoms with E-state index in [9.17, 15) is 14.7 Å². The van der Waals surface area contributed by atoms with Crippen LogP contribution in [0.3, 0.4) is 0 Å². The van der Waals surface area contributed by atoms with Gasteiger partial charge in [0.1, 0.15) is 17.3 Å². The van der Waals surface area contributed by atoms with Gasteiger partial charge in [0.15, 0.2) is 0 Å². The summed E-state index contributed by atoms with van der Waals surface area (Å²) in [6.45, 7) is 1.84. The van der Waals surface area contributed by atoms with Crippen molar-refractivity contribution >= 4 is 17.4 Å². The van der Waals surface area contributed by atoms with Crippen molar-refractivity contribution < 1.29 is 24.2 Å². The molecule has 1 saturated heterocycles. The highest BCUT2D eigenvalue weighted by Crippen LogP contribution is 2.44. The fraction of sp³-hybridized carbons (Fsp3) is 0.385. The van der Waals surface area contributed by atoms with E-state index in [4.69, 9.17) is 9.47 Å². The highest BCUT2D eigenvalue weighted by Gasteiger charge is 2.49. The Kier molecular flexibility index (Phi) is 6.21. The third-order valence-electron chi connectivity index (χ3n) is 6.55. The first-order chi connectivity index (χ1) is 15.5. The van der Waals surface area contributed by atoms with Crippen LogP contribution in [-0.2, 0) is 9.59 Å². The largest absolute Gasteiger partial charge is 0.507 e. The van der Waals surface area contributed by atoms with Gasteiger partial charge in [0.05, 0.1) is 25.8 Å². The molecule has 2 aromatic rings. The highest BCUT2D eigenvalue weighted by atomic mass is 16.5. The fourth-order valence-corrected chi connectivity index (χ4v) is 4.90. The normalized spacial score (nSPS) is 21.1. The minimum Gasteiger partial charge on any atom is -0.507 e. The number of aliphatic hydroxyl groups excluding tert-OH is 1. The standard InChI is InChI=1S/C26H29NO5/c1-16-14-20(32-3)12-13-21(16)24(28)22-23(17-8-7-11-19(15-17)31-2)27(26(30)25(22)29)18-9-5-4-6-10-18/h7-8,11-15,18,23,28H,4-6,9-10H2,1-3H3/b24-22-. The summed E-state index contributed by atoms with van der Waals surface area (Å²) in [7, 11) is 3.16. The van der Waals surface area contributed by atoms with Crippen molar-refractivity contribution in [2.24, 2.45) is 0 Å². The first-order valence-corrected chi connectivity index (χ1v) is 11.0. The van der Waals surface area contributed by atoms with E-state index in [0.29, 0.717) is 17.1 Å². The van der Waals surface area contributed by atoms with Crippen molar-refractivity contribution in [3.05, 3.63) is 64.7 Å². The molecule has 0 spiro atoms. The molecule has 1 amide bonds. The number of aryl methyl sites for hydroxylation is 1. The van der Waals surface area contributed by atoms with Crippen LogP contribution in [0, 0.1) is 6.92 Å². The summed E-state index contributed by atoms with van der Waals surface area (Å²) in [5, 5.41) is 11.3. The Labute approximate surface area is 188 Å². The second kappa shape index (κ2) is 9.07. The quantitative estimate of drug-likeness (QED) is 0.416. The number of aliphatic hydroxyl groups is 1. The molecule has 168 valence electrons. The zero-order valence-corrected chi connectivity index (χ0v) is 18.8. The van der Waals surface area contributed by atoms with Gasteiger partial charge in [-0.05, 0) is 61.2 Å². The van der Waals surface area contributed by atoms with Crippen molar-refractivity contribution in [2.75, 3.05) is 14.2 Å². The van der Waals surface area contributed by atoms with Gasteiger partial charge in [0, 0.05) is 11.6 Å². The van der Waals surface area contributed by atoms with E-state index in [2.05, 4.69) is 0 Å². The van der Waals surface area contributed by atoms with Gasteiger partial charge in [0.25, 0.3) is 11.7 Å². The van der Waals surface area contributed by atoms with Crippen molar-refractivity contribution in [1.82, 2.24) is 4.90 Å². The molecule has 0 bridgehead atoms. The first-order valence-electron chi connectivity index (χ1n) is 11.0. The Morgan fingerprint density at radius 3 is 2.31 bits per heavy atom. The molecule has 1 unspecified atom stereocenters. The Bertz CT molecular complexity index is 1070. The number of methoxy groups -OCH3 is 2. The number of rotatable bonds is 5. The summed E-state index contributed by atoms with van der Waals surface area (Å²) in [4.78, 5) is 28.2. The van der Waals surface area contributed by atoms with E-state index in [1.165, 1.54) is 0 Å². The number of ether oxygens (including phenoxy) is 2. The predicted molar refractivity (Wildman–Crippen MR) is 122 cm³/mol. The number of ketones is 1. The molecule has 6 heteroatoms. The van der Waals surface area contributed by atoms with Crippen molar-refractivity contribution in [3.63, 3.8) is 0 Å². The van der Waals surface area contributed by atoms with Crippen LogP contribution in [0.5, 0.6) is 11.5 Å². The Morgan fingerprint density at radius 2 is 1.66 bits per heavy atom. The van der Waals surface area contributed by atoms with Gasteiger partial charge in [0.2, 0.25) is 0 Å². The smallest absolute Gasteiger partial charge is 0.295 e. The van der Waals surface area contributed by atoms with E-state index in [1.54, 1.807) is 37.3 Å². The lowest BCUT2D eigenvalue weighted by Gasteiger charge is -2.35. The lowest BCUT2D eigenvalue weighted by molar-refractivity contribution is -0.141. The zero-order chi connectivity index (χ0) is 22.8. The number of carbonyl (C=O) groups is 2. The molecular formula is C26H29NO5. The summed E-state index contributed by atoms with van der Waals surface area (Å²) < 4.78 is 10.7. The van der Waals surface area contributed by atoms with Crippen LogP contribution in [0.4, 0.5) is 0 Å². The van der Waals surface area contributed by atoms with Crippen molar-refractivity contribution in [3.8, 4) is 11.5 Å². The lowest BCUT2D eigenvalue weighted by Crippen LogP contribution is -2.40. The minimum atomic E-state index is -0.658. The summed E-state index contributed by atoms with van der Waals surface area (Å²) in [6, 6.07) is 11.9. The number of benzene rings is 2. The maximum atomic E-state index is 13.3. The SMILES string of the molecule is COc1cccc(C2/C(=C(/O)c3ccc(OC)cc3C)C(=O)C(=O)N2C2CCCCC2)c1. The van der Waals surface area contributed by atoms with E-state index >= 15 is 0 Å². The third-order valence-corrected chi connectivity index (χ3v) is 6.55. The molecule has 0 aromatic heterocycles. The summed E-state index contributed by atoms with van der Waals surface area (Å²) in [5.41, 5.74) is 2.15. The van der Waals surface area contributed by atoms with Crippen LogP contribution in [0.25, 0.3) is 5.76 Å². The van der Waals surface area contributed by atoms with Crippen molar-refractivity contribution in [1.29, 1.82) is 0 Å². The molecule has 1 aliphatic carbocycles. The Morgan fingerprint density at radius 1 is 0.969 bits per heavy atom. The number of hydrogen-bond donors (Lipinski definition) is 1. The van der Waals surface area contributed by atoms with Crippen LogP contribution < -0.4 is 9.47 Å². The summed E-state index contributed by atoms with van der Waals surface area (Å²) in [6.07, 6.45) is 4.89. The summed E-state index contributed by atoms with van der Waals surface area (Å²) >= 11 is 0. The van der Waals surface area contributed by atoms with Gasteiger partial charge in [-0.1, -0.05) is 31.4 Å². The van der Waals surface area contributed by atoms with E-state index in [-0.39, 0.29) is 17.4 Å². The Balaban J connectivity index is 1.89. The molecule has 4 rings (SSSR count). The summed E-state index contributed by atoms with van der Waals surface area (Å²) in [5.74, 6) is -0.0495. The third kappa shape index (κ3) is 3.85. The second-order valence-corrected chi connectivity index (χ2v) is 8.46. The second-order valence-electron chi connectivity index (χ2n) is 8.46. The molecule has 1 heterocycles. The van der Waals surface area contributed by atoms with Crippen LogP contribution in [0.15, 0.2) is 48.0 Å². The molecule has 2 aromatic carbocycles. The molecule has 2 aliphatic rings. The number of Topliss-reactive ketones (excluding diaryl/α,β-unsaturated/α-hetero) is 1. The molecule has 1 aliphatic heterocycles. The van der Waals surface area contributed by atoms with E-state index in [0.717, 1.165) is 43.2 Å². The van der Waals surface area contributed by atoms with E-state index < -0.39 is 17.7 Å². The van der Waals surface area contributed by atoms with Gasteiger partial charge in [-0.15, -0.1) is 0 Å². The molecule has 1 atom stereocenters. The van der Waals surface area contributed by atoms with Gasteiger partial charge in [-0.25, -0.2) is 0 Å². The zero-order valence-electron chi connectivity index (χ0n) is 18.8. The number of amides is 1. The monoisotopic (exact) mass is 435 g/mol. The molecule has 1 saturated carbocycles. The van der Waals surface area contributed by atoms with Crippen LogP contribution in [0.2, 0.25) is 0 Å². The highest BCUT2D eigenvalue weighted by molar-refractivity contribution is 6.46. The molecule has 2 fully saturated rings. The lowest BCUT2D eigenvalue weighted by atomic mass is 9.90. The Hall–Kier alpha value is -3.28. The van der Waals surface area contributed by atoms with Gasteiger partial charge >= 0.3 is 0 Å². The predicted octanol–water partition coefficient (Wildman–Crippen LogP) is 4.77. The molecule has 6 nitrogen and oxygen atoms in total. The van der Waals surface area contributed by atoms with Gasteiger partial charge in [-0.2, -0.15) is 0 Å². The number of nitrogens with zero attached hydrogens (tertiary/aromatic N) is 1. The van der Waals surface area contributed by atoms with Crippen LogP contribution >= 0.6 is 0 Å². The van der Waals surface area contributed by atoms with Gasteiger partial charge in [-0.3, -0.25) is 9.59 Å². The molecule has 1 N–H and O–H groups in total. The average Bonchev–Trinajstić information content (AvgIpc) is 3.09. The topological polar surface area (TPSA) is 76.1 Å². The van der Waals surface area contributed by atoms with E-state index in [1.807, 2.05) is 31.2 Å². The van der Waals surface area contributed by atoms with Crippen molar-refractivity contribution in [2.45, 2.75) is 51.1 Å². The minimum absolute atomic E-state index is 0.0290. The maximum Gasteiger partial charge on any atom is 0.295 e. The maximum absolute atomic E-state index is 13.3. The van der Waals surface area contributed by atoms with Gasteiger partial charge < -0.3 is 19.5 Å². The molecular weight excluding hydrogens is 406 g/mol. The molecule has 0 radical (unpaired) electrons. The number of hydrogen-bond acceptors (Lipinski definition) is 5. The van der Waals surface area contributed by atoms with Crippen LogP contribution in [-0.4, -0.2) is 42.0 Å². The first kappa shape index (κ1) is 21.9. The molecule has 32 heavy (non-hydrogen) atoms. The van der Waals surface area contributed by atoms with Crippen LogP contribution in [0.1, 0.15) is 54.8 Å². The number of likely N-dealkylation sites (tertiary alicyclic amines) is 1. The average molecular weight is 436 g/mol. The number of carbonyl (C=O) groups excluding carboxylic acids is 2. The fourth-order valence-electron chi connectivity index (χ4n) is 4.90.